The second-order valence-corrected chi connectivity index (χ2v) is 8.72. The molecular formula is C30H22N4O5. The summed E-state index contributed by atoms with van der Waals surface area (Å²) in [6.07, 6.45) is 3.29. The van der Waals surface area contributed by atoms with Gasteiger partial charge in [-0.1, -0.05) is 60.7 Å². The number of benzene rings is 5. The van der Waals surface area contributed by atoms with Gasteiger partial charge in [0.15, 0.2) is 11.5 Å². The molecule has 0 atom stereocenters. The molecule has 0 unspecified atom stereocenters. The lowest BCUT2D eigenvalue weighted by Crippen LogP contribution is -1.99. The SMILES string of the molecule is COOc1ccc2ccccc2c1C=Nc1cc2[nH]c(=O)[nH]c2cc1N=Cc1c(OO)ccc2ccccc12. The Kier molecular flexibility index (Phi) is 6.34. The normalized spacial score (nSPS) is 11.8. The molecule has 1 heterocycles. The van der Waals surface area contributed by atoms with Crippen LogP contribution in [0.25, 0.3) is 32.6 Å². The van der Waals surface area contributed by atoms with Gasteiger partial charge in [-0.3, -0.25) is 9.98 Å². The Bertz CT molecular complexity index is 1960. The summed E-state index contributed by atoms with van der Waals surface area (Å²) in [4.78, 5) is 42.0. The highest BCUT2D eigenvalue weighted by Crippen LogP contribution is 2.34. The molecule has 0 bridgehead atoms. The maximum absolute atomic E-state index is 12.0. The van der Waals surface area contributed by atoms with Crippen LogP contribution in [0.15, 0.2) is 99.7 Å². The lowest BCUT2D eigenvalue weighted by atomic mass is 10.0. The molecule has 39 heavy (non-hydrogen) atoms. The van der Waals surface area contributed by atoms with E-state index < -0.39 is 0 Å². The molecule has 0 spiro atoms. The largest absolute Gasteiger partial charge is 0.340 e. The molecule has 6 rings (SSSR count). The average Bonchev–Trinajstić information content (AvgIpc) is 3.33. The highest BCUT2D eigenvalue weighted by molar-refractivity contribution is 6.05. The van der Waals surface area contributed by atoms with E-state index in [1.807, 2.05) is 66.7 Å². The monoisotopic (exact) mass is 518 g/mol. The molecule has 0 aliphatic rings. The van der Waals surface area contributed by atoms with Gasteiger partial charge < -0.3 is 19.7 Å². The number of hydrogen-bond donors (Lipinski definition) is 3. The smallest absolute Gasteiger partial charge is 0.323 e. The number of imidazole rings is 1. The Balaban J connectivity index is 1.50. The van der Waals surface area contributed by atoms with Gasteiger partial charge >= 0.3 is 5.69 Å². The van der Waals surface area contributed by atoms with E-state index in [0.717, 1.165) is 27.1 Å². The molecule has 192 valence electrons. The summed E-state index contributed by atoms with van der Waals surface area (Å²) >= 11 is 0. The Morgan fingerprint density at radius 3 is 1.77 bits per heavy atom. The molecule has 9 nitrogen and oxygen atoms in total. The number of H-pyrrole nitrogens is 2. The fourth-order valence-electron chi connectivity index (χ4n) is 4.59. The average molecular weight is 519 g/mol. The van der Waals surface area contributed by atoms with Gasteiger partial charge in [-0.25, -0.2) is 10.1 Å². The van der Waals surface area contributed by atoms with Crippen molar-refractivity contribution in [2.24, 2.45) is 9.98 Å². The summed E-state index contributed by atoms with van der Waals surface area (Å²) in [6.45, 7) is 0. The van der Waals surface area contributed by atoms with E-state index in [1.54, 1.807) is 30.6 Å². The molecule has 0 radical (unpaired) electrons. The van der Waals surface area contributed by atoms with Gasteiger partial charge in [0.05, 0.1) is 29.5 Å². The van der Waals surface area contributed by atoms with Crippen LogP contribution in [0.5, 0.6) is 11.5 Å². The lowest BCUT2D eigenvalue weighted by Gasteiger charge is -2.09. The van der Waals surface area contributed by atoms with Gasteiger partial charge in [-0.05, 0) is 45.8 Å². The van der Waals surface area contributed by atoms with Crippen molar-refractivity contribution in [2.75, 3.05) is 7.11 Å². The zero-order valence-corrected chi connectivity index (χ0v) is 20.7. The molecule has 1 aromatic heterocycles. The molecule has 0 aliphatic heterocycles. The number of nitrogens with zero attached hydrogens (tertiary/aromatic N) is 2. The van der Waals surface area contributed by atoms with E-state index in [2.05, 4.69) is 14.9 Å². The summed E-state index contributed by atoms with van der Waals surface area (Å²) in [5.41, 5.74) is 3.13. The molecule has 0 amide bonds. The van der Waals surface area contributed by atoms with Crippen LogP contribution in [0.4, 0.5) is 11.4 Å². The minimum atomic E-state index is -0.337. The van der Waals surface area contributed by atoms with E-state index in [0.29, 0.717) is 33.7 Å². The lowest BCUT2D eigenvalue weighted by molar-refractivity contribution is -0.178. The Morgan fingerprint density at radius 2 is 1.23 bits per heavy atom. The first-order valence-corrected chi connectivity index (χ1v) is 12.0. The van der Waals surface area contributed by atoms with Crippen LogP contribution >= 0.6 is 0 Å². The quantitative estimate of drug-likeness (QED) is 0.127. The zero-order valence-electron chi connectivity index (χ0n) is 20.7. The first-order valence-electron chi connectivity index (χ1n) is 12.0. The first-order chi connectivity index (χ1) is 19.1. The predicted molar refractivity (Wildman–Crippen MR) is 152 cm³/mol. The van der Waals surface area contributed by atoms with E-state index in [9.17, 15) is 10.1 Å². The van der Waals surface area contributed by atoms with Crippen LogP contribution in [0.2, 0.25) is 0 Å². The summed E-state index contributed by atoms with van der Waals surface area (Å²) in [7, 11) is 1.44. The summed E-state index contributed by atoms with van der Waals surface area (Å²) in [5, 5.41) is 13.2. The number of aromatic amines is 2. The highest BCUT2D eigenvalue weighted by Gasteiger charge is 2.12. The van der Waals surface area contributed by atoms with Crippen LogP contribution in [0.3, 0.4) is 0 Å². The minimum absolute atomic E-state index is 0.260. The number of hydrogen-bond acceptors (Lipinski definition) is 7. The van der Waals surface area contributed by atoms with Crippen LogP contribution < -0.4 is 15.5 Å². The topological polar surface area (TPSA) is 121 Å². The number of fused-ring (bicyclic) bond motifs is 3. The molecule has 9 heteroatoms. The van der Waals surface area contributed by atoms with Crippen molar-refractivity contribution >= 4 is 56.4 Å². The van der Waals surface area contributed by atoms with Crippen LogP contribution in [-0.2, 0) is 4.89 Å². The van der Waals surface area contributed by atoms with Gasteiger partial charge in [-0.2, -0.15) is 4.89 Å². The van der Waals surface area contributed by atoms with Crippen molar-refractivity contribution in [3.05, 3.63) is 107 Å². The second kappa shape index (κ2) is 10.3. The van der Waals surface area contributed by atoms with Crippen molar-refractivity contribution in [1.29, 1.82) is 0 Å². The third-order valence-corrected chi connectivity index (χ3v) is 6.41. The Morgan fingerprint density at radius 1 is 0.718 bits per heavy atom. The molecule has 0 aliphatic carbocycles. The maximum atomic E-state index is 12.0. The van der Waals surface area contributed by atoms with Crippen molar-refractivity contribution in [2.45, 2.75) is 0 Å². The molecule has 6 aromatic rings. The fraction of sp³-hybridized carbons (Fsp3) is 0.0333. The van der Waals surface area contributed by atoms with Gasteiger partial charge in [0.2, 0.25) is 0 Å². The summed E-state index contributed by atoms with van der Waals surface area (Å²) in [6, 6.07) is 26.3. The number of nitrogens with one attached hydrogen (secondary N) is 2. The van der Waals surface area contributed by atoms with Crippen LogP contribution in [0.1, 0.15) is 11.1 Å². The molecule has 0 saturated heterocycles. The highest BCUT2D eigenvalue weighted by atomic mass is 17.2. The summed E-state index contributed by atoms with van der Waals surface area (Å²) in [5.74, 6) is 0.761. The van der Waals surface area contributed by atoms with E-state index >= 15 is 0 Å². The third-order valence-electron chi connectivity index (χ3n) is 6.41. The zero-order chi connectivity index (χ0) is 26.8. The van der Waals surface area contributed by atoms with Gasteiger partial charge in [0.1, 0.15) is 0 Å². The Labute approximate surface area is 221 Å². The van der Waals surface area contributed by atoms with E-state index in [-0.39, 0.29) is 11.4 Å². The molecule has 0 saturated carbocycles. The number of aromatic nitrogens is 2. The molecule has 3 N–H and O–H groups in total. The van der Waals surface area contributed by atoms with E-state index in [4.69, 9.17) is 19.8 Å². The summed E-state index contributed by atoms with van der Waals surface area (Å²) < 4.78 is 0. The maximum Gasteiger partial charge on any atom is 0.323 e. The van der Waals surface area contributed by atoms with Crippen molar-refractivity contribution < 1.29 is 19.9 Å². The fourth-order valence-corrected chi connectivity index (χ4v) is 4.59. The molecular weight excluding hydrogens is 496 g/mol. The van der Waals surface area contributed by atoms with E-state index in [1.165, 1.54) is 7.11 Å². The molecule has 5 aromatic carbocycles. The predicted octanol–water partition coefficient (Wildman–Crippen LogP) is 6.46. The standard InChI is InChI=1S/C30H22N4O5/c1-37-39-29-13-11-19-7-3-5-9-21(19)23(29)17-32-25-15-27-26(33-30(35)34-27)14-24(25)31-16-22-20-8-4-2-6-18(20)10-12-28(22)38-36/h2-17,36H,1H3,(H2,33,34,35). The number of aliphatic imine (C=N–C) groups is 2. The second-order valence-electron chi connectivity index (χ2n) is 8.72. The van der Waals surface area contributed by atoms with Gasteiger partial charge in [0.25, 0.3) is 0 Å². The van der Waals surface area contributed by atoms with Crippen LogP contribution in [-0.4, -0.2) is 34.8 Å². The minimum Gasteiger partial charge on any atom is -0.340 e. The van der Waals surface area contributed by atoms with Gasteiger partial charge in [0, 0.05) is 23.6 Å². The van der Waals surface area contributed by atoms with Crippen molar-refractivity contribution in [1.82, 2.24) is 9.97 Å². The van der Waals surface area contributed by atoms with Crippen LogP contribution in [0, 0.1) is 0 Å². The van der Waals surface area contributed by atoms with Gasteiger partial charge in [-0.15, -0.1) is 0 Å². The third kappa shape index (κ3) is 4.63. The van der Waals surface area contributed by atoms with Crippen molar-refractivity contribution in [3.63, 3.8) is 0 Å². The van der Waals surface area contributed by atoms with Crippen molar-refractivity contribution in [3.8, 4) is 11.5 Å². The number of rotatable bonds is 7. The molecule has 0 fully saturated rings. The first kappa shape index (κ1) is 24.1. The Hall–Kier alpha value is -5.25.